The van der Waals surface area contributed by atoms with Crippen LogP contribution in [0.3, 0.4) is 0 Å². The summed E-state index contributed by atoms with van der Waals surface area (Å²) in [6.07, 6.45) is 1.48. The molecule has 1 N–H and O–H groups in total. The molecule has 2 heterocycles. The van der Waals surface area contributed by atoms with Crippen LogP contribution in [0.1, 0.15) is 21.7 Å². The highest BCUT2D eigenvalue weighted by Crippen LogP contribution is 2.30. The lowest BCUT2D eigenvalue weighted by molar-refractivity contribution is 0.0955. The van der Waals surface area contributed by atoms with Crippen LogP contribution in [0, 0.1) is 6.92 Å². The van der Waals surface area contributed by atoms with Crippen LogP contribution in [0.25, 0.3) is 21.0 Å². The van der Waals surface area contributed by atoms with E-state index in [0.29, 0.717) is 17.1 Å². The molecule has 0 aliphatic carbocycles. The molecule has 1 amide bonds. The lowest BCUT2D eigenvalue weighted by Crippen LogP contribution is -2.17. The first-order valence-corrected chi connectivity index (χ1v) is 8.86. The highest BCUT2D eigenvalue weighted by atomic mass is 32.1. The van der Waals surface area contributed by atoms with Crippen LogP contribution in [0.2, 0.25) is 0 Å². The fraction of sp³-hybridized carbons (Fsp3) is 0.0500. The SMILES string of the molecule is Cc1ccc(C(=O)N/N=C\c2ccc(-c3nc4ccccc4s3)o2)cc1. The number of furan rings is 1. The first-order chi connectivity index (χ1) is 12.7. The van der Waals surface area contributed by atoms with Gasteiger partial charge < -0.3 is 4.42 Å². The van der Waals surface area contributed by atoms with Gasteiger partial charge >= 0.3 is 0 Å². The smallest absolute Gasteiger partial charge is 0.271 e. The number of amides is 1. The van der Waals surface area contributed by atoms with Crippen molar-refractivity contribution in [3.8, 4) is 10.8 Å². The van der Waals surface area contributed by atoms with Crippen molar-refractivity contribution in [2.24, 2.45) is 5.10 Å². The highest BCUT2D eigenvalue weighted by molar-refractivity contribution is 7.21. The van der Waals surface area contributed by atoms with Gasteiger partial charge in [0, 0.05) is 5.56 Å². The van der Waals surface area contributed by atoms with Gasteiger partial charge in [-0.05, 0) is 43.3 Å². The van der Waals surface area contributed by atoms with Gasteiger partial charge in [0.15, 0.2) is 10.8 Å². The number of benzene rings is 2. The molecule has 0 atom stereocenters. The quantitative estimate of drug-likeness (QED) is 0.426. The minimum Gasteiger partial charge on any atom is -0.453 e. The van der Waals surface area contributed by atoms with Crippen LogP contribution in [0.15, 0.2) is 70.2 Å². The second kappa shape index (κ2) is 6.93. The summed E-state index contributed by atoms with van der Waals surface area (Å²) in [6, 6.07) is 18.9. The summed E-state index contributed by atoms with van der Waals surface area (Å²) < 4.78 is 6.86. The number of hydrazone groups is 1. The Hall–Kier alpha value is -3.25. The van der Waals surface area contributed by atoms with Crippen LogP contribution in [-0.4, -0.2) is 17.1 Å². The summed E-state index contributed by atoms with van der Waals surface area (Å²) in [5.74, 6) is 0.958. The topological polar surface area (TPSA) is 67.5 Å². The number of nitrogens with zero attached hydrogens (tertiary/aromatic N) is 2. The molecule has 0 radical (unpaired) electrons. The molecule has 4 rings (SSSR count). The summed E-state index contributed by atoms with van der Waals surface area (Å²) in [5, 5.41) is 4.77. The number of nitrogens with one attached hydrogen (secondary N) is 1. The molecule has 0 aliphatic rings. The third-order valence-electron chi connectivity index (χ3n) is 3.80. The number of aryl methyl sites for hydroxylation is 1. The number of fused-ring (bicyclic) bond motifs is 1. The van der Waals surface area contributed by atoms with Crippen LogP contribution < -0.4 is 5.43 Å². The predicted molar refractivity (Wildman–Crippen MR) is 104 cm³/mol. The van der Waals surface area contributed by atoms with Crippen molar-refractivity contribution in [1.82, 2.24) is 10.4 Å². The zero-order chi connectivity index (χ0) is 17.9. The van der Waals surface area contributed by atoms with Crippen molar-refractivity contribution in [3.63, 3.8) is 0 Å². The number of hydrogen-bond donors (Lipinski definition) is 1. The third kappa shape index (κ3) is 3.41. The summed E-state index contributed by atoms with van der Waals surface area (Å²) in [7, 11) is 0. The molecule has 0 bridgehead atoms. The first-order valence-electron chi connectivity index (χ1n) is 8.05. The van der Waals surface area contributed by atoms with E-state index >= 15 is 0 Å². The summed E-state index contributed by atoms with van der Waals surface area (Å²) in [5.41, 5.74) is 5.10. The average Bonchev–Trinajstić information content (AvgIpc) is 3.28. The van der Waals surface area contributed by atoms with E-state index in [-0.39, 0.29) is 5.91 Å². The predicted octanol–water partition coefficient (Wildman–Crippen LogP) is 4.63. The third-order valence-corrected chi connectivity index (χ3v) is 4.85. The molecule has 2 aromatic carbocycles. The van der Waals surface area contributed by atoms with Crippen molar-refractivity contribution in [3.05, 3.63) is 77.6 Å². The number of hydrogen-bond acceptors (Lipinski definition) is 5. The largest absolute Gasteiger partial charge is 0.453 e. The lowest BCUT2D eigenvalue weighted by atomic mass is 10.1. The summed E-state index contributed by atoms with van der Waals surface area (Å²) in [4.78, 5) is 16.6. The Morgan fingerprint density at radius 1 is 1.12 bits per heavy atom. The fourth-order valence-corrected chi connectivity index (χ4v) is 3.37. The molecule has 4 aromatic rings. The number of aromatic nitrogens is 1. The molecular weight excluding hydrogens is 346 g/mol. The molecule has 0 fully saturated rings. The van der Waals surface area contributed by atoms with E-state index in [9.17, 15) is 4.79 Å². The van der Waals surface area contributed by atoms with E-state index in [0.717, 1.165) is 20.8 Å². The normalized spacial score (nSPS) is 11.3. The van der Waals surface area contributed by atoms with E-state index in [1.165, 1.54) is 6.21 Å². The molecule has 0 unspecified atom stereocenters. The van der Waals surface area contributed by atoms with Gasteiger partial charge in [0.1, 0.15) is 5.76 Å². The zero-order valence-electron chi connectivity index (χ0n) is 14.0. The molecule has 0 saturated carbocycles. The van der Waals surface area contributed by atoms with E-state index in [4.69, 9.17) is 4.42 Å². The highest BCUT2D eigenvalue weighted by Gasteiger charge is 2.10. The number of carbonyl (C=O) groups excluding carboxylic acids is 1. The maximum Gasteiger partial charge on any atom is 0.271 e. The van der Waals surface area contributed by atoms with Gasteiger partial charge in [-0.3, -0.25) is 4.79 Å². The summed E-state index contributed by atoms with van der Waals surface area (Å²) >= 11 is 1.57. The van der Waals surface area contributed by atoms with Crippen LogP contribution in [0.5, 0.6) is 0 Å². The maximum absolute atomic E-state index is 12.0. The molecule has 6 heteroatoms. The van der Waals surface area contributed by atoms with Crippen molar-refractivity contribution < 1.29 is 9.21 Å². The van der Waals surface area contributed by atoms with Gasteiger partial charge in [-0.25, -0.2) is 10.4 Å². The molecule has 128 valence electrons. The second-order valence-corrected chi connectivity index (χ2v) is 6.78. The number of thiazole rings is 1. The fourth-order valence-electron chi connectivity index (χ4n) is 2.44. The van der Waals surface area contributed by atoms with Crippen LogP contribution in [0.4, 0.5) is 0 Å². The second-order valence-electron chi connectivity index (χ2n) is 5.75. The molecule has 0 aliphatic heterocycles. The molecule has 26 heavy (non-hydrogen) atoms. The molecule has 5 nitrogen and oxygen atoms in total. The molecule has 0 saturated heterocycles. The Balaban J connectivity index is 1.45. The van der Waals surface area contributed by atoms with Gasteiger partial charge in [0.25, 0.3) is 5.91 Å². The van der Waals surface area contributed by atoms with E-state index < -0.39 is 0 Å². The monoisotopic (exact) mass is 361 g/mol. The minimum atomic E-state index is -0.265. The van der Waals surface area contributed by atoms with Gasteiger partial charge in [-0.1, -0.05) is 29.8 Å². The number of rotatable bonds is 4. The Kier molecular flexibility index (Phi) is 4.33. The lowest BCUT2D eigenvalue weighted by Gasteiger charge is -1.99. The van der Waals surface area contributed by atoms with Crippen molar-refractivity contribution in [2.75, 3.05) is 0 Å². The molecule has 0 spiro atoms. The molecular formula is C20H15N3O2S. The summed E-state index contributed by atoms with van der Waals surface area (Å²) in [6.45, 7) is 1.97. The van der Waals surface area contributed by atoms with E-state index in [2.05, 4.69) is 15.5 Å². The van der Waals surface area contributed by atoms with Crippen LogP contribution in [-0.2, 0) is 0 Å². The van der Waals surface area contributed by atoms with Crippen LogP contribution >= 0.6 is 11.3 Å². The number of carbonyl (C=O) groups is 1. The first kappa shape index (κ1) is 16.2. The van der Waals surface area contributed by atoms with Crippen molar-refractivity contribution in [2.45, 2.75) is 6.92 Å². The Bertz CT molecular complexity index is 1060. The van der Waals surface area contributed by atoms with Gasteiger partial charge in [-0.15, -0.1) is 11.3 Å². The average molecular weight is 361 g/mol. The zero-order valence-corrected chi connectivity index (χ0v) is 14.8. The van der Waals surface area contributed by atoms with Gasteiger partial charge in [0.2, 0.25) is 0 Å². The standard InChI is InChI=1S/C20H15N3O2S/c1-13-6-8-14(9-7-13)19(24)23-21-12-15-10-11-17(25-15)20-22-16-4-2-3-5-18(16)26-20/h2-12H,1H3,(H,23,24)/b21-12-. The minimum absolute atomic E-state index is 0.265. The van der Waals surface area contributed by atoms with Gasteiger partial charge in [-0.2, -0.15) is 5.10 Å². The van der Waals surface area contributed by atoms with Crippen molar-refractivity contribution in [1.29, 1.82) is 0 Å². The van der Waals surface area contributed by atoms with Crippen molar-refractivity contribution >= 4 is 33.7 Å². The van der Waals surface area contributed by atoms with E-state index in [1.54, 1.807) is 29.5 Å². The number of para-hydroxylation sites is 1. The van der Waals surface area contributed by atoms with E-state index in [1.807, 2.05) is 49.4 Å². The molecule has 2 aromatic heterocycles. The Morgan fingerprint density at radius 2 is 1.92 bits per heavy atom. The Labute approximate surface area is 154 Å². The van der Waals surface area contributed by atoms with Gasteiger partial charge in [0.05, 0.1) is 16.4 Å². The Morgan fingerprint density at radius 3 is 2.73 bits per heavy atom. The maximum atomic E-state index is 12.0.